The van der Waals surface area contributed by atoms with Gasteiger partial charge >= 0.3 is 0 Å². The number of pyridine rings is 2. The van der Waals surface area contributed by atoms with Gasteiger partial charge in [-0.1, -0.05) is 6.07 Å². The fourth-order valence-corrected chi connectivity index (χ4v) is 4.83. The van der Waals surface area contributed by atoms with Gasteiger partial charge in [0.1, 0.15) is 28.8 Å². The number of aromatic nitrogens is 7. The van der Waals surface area contributed by atoms with Crippen molar-refractivity contribution in [2.24, 2.45) is 7.05 Å². The molecule has 1 aliphatic rings. The summed E-state index contributed by atoms with van der Waals surface area (Å²) >= 11 is 0. The number of benzene rings is 1. The van der Waals surface area contributed by atoms with Crippen molar-refractivity contribution < 1.29 is 13.9 Å². The molecule has 206 valence electrons. The number of H-pyrrole nitrogens is 1. The van der Waals surface area contributed by atoms with E-state index in [4.69, 9.17) is 9.47 Å². The van der Waals surface area contributed by atoms with Crippen LogP contribution >= 0.6 is 0 Å². The third kappa shape index (κ3) is 4.64. The van der Waals surface area contributed by atoms with Crippen molar-refractivity contribution in [3.8, 4) is 17.1 Å². The van der Waals surface area contributed by atoms with Gasteiger partial charge in [-0.3, -0.25) is 0 Å². The van der Waals surface area contributed by atoms with Gasteiger partial charge in [0.05, 0.1) is 42.0 Å². The Morgan fingerprint density at radius 3 is 2.55 bits per heavy atom. The second kappa shape index (κ2) is 10.1. The van der Waals surface area contributed by atoms with Crippen molar-refractivity contribution in [3.63, 3.8) is 0 Å². The molecular formula is C27H29FN10O2. The van der Waals surface area contributed by atoms with Gasteiger partial charge in [0.25, 0.3) is 0 Å². The van der Waals surface area contributed by atoms with Gasteiger partial charge in [-0.15, -0.1) is 0 Å². The summed E-state index contributed by atoms with van der Waals surface area (Å²) in [6.45, 7) is 4.97. The predicted molar refractivity (Wildman–Crippen MR) is 150 cm³/mol. The second-order valence-electron chi connectivity index (χ2n) is 9.60. The van der Waals surface area contributed by atoms with Gasteiger partial charge in [0.15, 0.2) is 23.0 Å². The third-order valence-corrected chi connectivity index (χ3v) is 6.78. The predicted octanol–water partition coefficient (Wildman–Crippen LogP) is 4.24. The number of ether oxygens (including phenoxy) is 2. The molecule has 0 bridgehead atoms. The maximum absolute atomic E-state index is 14.9. The number of hydrogen-bond donors (Lipinski definition) is 3. The summed E-state index contributed by atoms with van der Waals surface area (Å²) in [5.41, 5.74) is 3.81. The summed E-state index contributed by atoms with van der Waals surface area (Å²) in [7, 11) is 5.11. The molecule has 1 fully saturated rings. The average molecular weight is 545 g/mol. The lowest BCUT2D eigenvalue weighted by molar-refractivity contribution is 0.0783. The summed E-state index contributed by atoms with van der Waals surface area (Å²) in [5.74, 6) is 3.07. The molecule has 0 atom stereocenters. The zero-order valence-electron chi connectivity index (χ0n) is 22.8. The van der Waals surface area contributed by atoms with Crippen LogP contribution in [0, 0.1) is 19.7 Å². The number of methoxy groups -OCH3 is 2. The van der Waals surface area contributed by atoms with Crippen molar-refractivity contribution in [3.05, 3.63) is 54.0 Å². The minimum absolute atomic E-state index is 0.112. The van der Waals surface area contributed by atoms with Crippen LogP contribution < -0.4 is 20.3 Å². The Labute approximate surface area is 229 Å². The molecule has 5 heterocycles. The molecule has 0 unspecified atom stereocenters. The molecule has 12 nitrogen and oxygen atoms in total. The van der Waals surface area contributed by atoms with Crippen LogP contribution in [-0.4, -0.2) is 68.1 Å². The van der Waals surface area contributed by atoms with Crippen molar-refractivity contribution >= 4 is 39.9 Å². The minimum Gasteiger partial charge on any atom is -0.494 e. The first-order chi connectivity index (χ1) is 19.3. The van der Waals surface area contributed by atoms with E-state index in [9.17, 15) is 4.39 Å². The first kappa shape index (κ1) is 25.5. The molecule has 6 rings (SSSR count). The Kier molecular flexibility index (Phi) is 6.42. The van der Waals surface area contributed by atoms with Crippen molar-refractivity contribution in [1.82, 2.24) is 34.7 Å². The summed E-state index contributed by atoms with van der Waals surface area (Å²) in [5, 5.41) is 10.9. The van der Waals surface area contributed by atoms with E-state index in [1.807, 2.05) is 44.0 Å². The third-order valence-electron chi connectivity index (χ3n) is 6.78. The molecule has 1 aromatic carbocycles. The zero-order valence-corrected chi connectivity index (χ0v) is 22.8. The monoisotopic (exact) mass is 544 g/mol. The van der Waals surface area contributed by atoms with Gasteiger partial charge < -0.3 is 30.0 Å². The summed E-state index contributed by atoms with van der Waals surface area (Å²) in [4.78, 5) is 23.3. The molecule has 1 aliphatic heterocycles. The van der Waals surface area contributed by atoms with E-state index < -0.39 is 0 Å². The molecule has 0 spiro atoms. The Hall–Kier alpha value is -4.78. The molecule has 13 heteroatoms. The standard InChI is InChI=1S/C27H29FN10O2/c1-14-30-24-20(33-19-8-6-7-17(25(19)40-5)27-32-15(2)36-37(27)3)10-23(35-26(24)31-14)34-22-9-18(28)21(11-29-22)38-12-16(13-38)39-4/h6-11,16H,12-13H2,1-5H3,(H3,29,30,31,33,34,35). The lowest BCUT2D eigenvalue weighted by atomic mass is 10.1. The molecule has 3 N–H and O–H groups in total. The lowest BCUT2D eigenvalue weighted by Gasteiger charge is -2.39. The molecule has 0 saturated carbocycles. The van der Waals surface area contributed by atoms with E-state index in [2.05, 4.69) is 40.7 Å². The van der Waals surface area contributed by atoms with E-state index in [0.717, 1.165) is 5.56 Å². The number of halogens is 1. The summed E-state index contributed by atoms with van der Waals surface area (Å²) in [6, 6.07) is 8.92. The number of hydrogen-bond acceptors (Lipinski definition) is 10. The highest BCUT2D eigenvalue weighted by molar-refractivity contribution is 5.92. The van der Waals surface area contributed by atoms with E-state index in [0.29, 0.717) is 76.2 Å². The number of imidazole rings is 1. The lowest BCUT2D eigenvalue weighted by Crippen LogP contribution is -2.52. The van der Waals surface area contributed by atoms with Crippen LogP contribution in [0.3, 0.4) is 0 Å². The van der Waals surface area contributed by atoms with Gasteiger partial charge in [-0.25, -0.2) is 29.0 Å². The fourth-order valence-electron chi connectivity index (χ4n) is 4.83. The molecule has 0 aliphatic carbocycles. The number of fused-ring (bicyclic) bond motifs is 1. The van der Waals surface area contributed by atoms with Crippen LogP contribution in [0.5, 0.6) is 5.75 Å². The summed E-state index contributed by atoms with van der Waals surface area (Å²) < 4.78 is 27.8. The molecule has 0 amide bonds. The number of rotatable bonds is 8. The van der Waals surface area contributed by atoms with Crippen molar-refractivity contribution in [2.45, 2.75) is 20.0 Å². The van der Waals surface area contributed by atoms with Gasteiger partial charge in [-0.2, -0.15) is 5.10 Å². The largest absolute Gasteiger partial charge is 0.494 e. The number of nitrogens with one attached hydrogen (secondary N) is 3. The molecule has 40 heavy (non-hydrogen) atoms. The zero-order chi connectivity index (χ0) is 28.0. The molecule has 5 aromatic rings. The quantitative estimate of drug-likeness (QED) is 0.261. The number of aryl methyl sites for hydroxylation is 3. The van der Waals surface area contributed by atoms with E-state index in [-0.39, 0.29) is 11.9 Å². The van der Waals surface area contributed by atoms with Crippen LogP contribution in [0.1, 0.15) is 11.6 Å². The topological polar surface area (TPSA) is 131 Å². The Morgan fingerprint density at radius 1 is 1.02 bits per heavy atom. The van der Waals surface area contributed by atoms with Gasteiger partial charge in [0, 0.05) is 39.4 Å². The van der Waals surface area contributed by atoms with Gasteiger partial charge in [-0.05, 0) is 26.0 Å². The van der Waals surface area contributed by atoms with E-state index in [1.54, 1.807) is 25.0 Å². The Balaban J connectivity index is 1.33. The molecule has 0 radical (unpaired) electrons. The maximum atomic E-state index is 14.9. The number of para-hydroxylation sites is 1. The first-order valence-corrected chi connectivity index (χ1v) is 12.7. The van der Waals surface area contributed by atoms with E-state index in [1.165, 1.54) is 12.3 Å². The van der Waals surface area contributed by atoms with Crippen LogP contribution in [0.15, 0.2) is 36.5 Å². The Bertz CT molecular complexity index is 1710. The fraction of sp³-hybridized carbons (Fsp3) is 0.296. The SMILES string of the molecule is COc1c(Nc2cc(Nc3cc(F)c(N4CC(OC)C4)cn3)nc3[nH]c(C)nc23)cccc1-c1nc(C)nn1C. The highest BCUT2D eigenvalue weighted by Gasteiger charge is 2.29. The van der Waals surface area contributed by atoms with Crippen LogP contribution in [0.25, 0.3) is 22.6 Å². The van der Waals surface area contributed by atoms with E-state index >= 15 is 0 Å². The first-order valence-electron chi connectivity index (χ1n) is 12.7. The van der Waals surface area contributed by atoms with Crippen LogP contribution in [-0.2, 0) is 11.8 Å². The minimum atomic E-state index is -0.371. The summed E-state index contributed by atoms with van der Waals surface area (Å²) in [6.07, 6.45) is 1.63. The average Bonchev–Trinajstić information content (AvgIpc) is 3.44. The van der Waals surface area contributed by atoms with Gasteiger partial charge in [0.2, 0.25) is 0 Å². The number of nitrogens with zero attached hydrogens (tertiary/aromatic N) is 7. The highest BCUT2D eigenvalue weighted by Crippen LogP contribution is 2.38. The number of aromatic amines is 1. The van der Waals surface area contributed by atoms with Crippen LogP contribution in [0.2, 0.25) is 0 Å². The molecular weight excluding hydrogens is 515 g/mol. The van der Waals surface area contributed by atoms with Crippen molar-refractivity contribution in [2.75, 3.05) is 42.8 Å². The molecule has 4 aromatic heterocycles. The van der Waals surface area contributed by atoms with Crippen molar-refractivity contribution in [1.29, 1.82) is 0 Å². The normalized spacial score (nSPS) is 13.5. The van der Waals surface area contributed by atoms with Crippen LogP contribution in [0.4, 0.5) is 33.1 Å². The molecule has 1 saturated heterocycles. The Morgan fingerprint density at radius 2 is 1.85 bits per heavy atom. The maximum Gasteiger partial charge on any atom is 0.161 e. The smallest absolute Gasteiger partial charge is 0.161 e. The number of anilines is 5. The second-order valence-corrected chi connectivity index (χ2v) is 9.60. The highest BCUT2D eigenvalue weighted by atomic mass is 19.1.